The lowest BCUT2D eigenvalue weighted by Crippen LogP contribution is -2.01. The zero-order chi connectivity index (χ0) is 14.8. The van der Waals surface area contributed by atoms with Crippen molar-refractivity contribution in [3.05, 3.63) is 53.3 Å². The fourth-order valence-electron chi connectivity index (χ4n) is 2.19. The third kappa shape index (κ3) is 2.67. The molecule has 3 rings (SSSR count). The lowest BCUT2D eigenvalue weighted by atomic mass is 10.0. The van der Waals surface area contributed by atoms with E-state index in [9.17, 15) is 5.11 Å². The zero-order valence-corrected chi connectivity index (χ0v) is 11.5. The summed E-state index contributed by atoms with van der Waals surface area (Å²) in [6.45, 7) is 1.82. The van der Waals surface area contributed by atoms with E-state index in [-0.39, 0.29) is 11.7 Å². The number of rotatable bonds is 2. The average Bonchev–Trinajstić information content (AvgIpc) is 2.47. The summed E-state index contributed by atoms with van der Waals surface area (Å²) in [5.74, 6) is 0.367. The number of hydrogen-bond donors (Lipinski definition) is 2. The van der Waals surface area contributed by atoms with Gasteiger partial charge in [0.1, 0.15) is 5.75 Å². The highest BCUT2D eigenvalue weighted by Gasteiger charge is 2.03. The Labute approximate surface area is 121 Å². The second-order valence-electron chi connectivity index (χ2n) is 4.73. The molecular weight excluding hydrogens is 264 g/mol. The van der Waals surface area contributed by atoms with Crippen molar-refractivity contribution in [2.45, 2.75) is 6.92 Å². The largest absolute Gasteiger partial charge is 0.508 e. The van der Waals surface area contributed by atoms with Crippen molar-refractivity contribution >= 4 is 28.9 Å². The van der Waals surface area contributed by atoms with Gasteiger partial charge in [-0.25, -0.2) is 4.98 Å². The first kappa shape index (κ1) is 13.1. The maximum absolute atomic E-state index is 9.82. The first-order valence-corrected chi connectivity index (χ1v) is 6.50. The predicted molar refractivity (Wildman–Crippen MR) is 83.5 cm³/mol. The van der Waals surface area contributed by atoms with Gasteiger partial charge in [0.25, 0.3) is 0 Å². The molecule has 0 radical (unpaired) electrons. The lowest BCUT2D eigenvalue weighted by molar-refractivity contribution is 0.476. The summed E-state index contributed by atoms with van der Waals surface area (Å²) in [6, 6.07) is 11.3. The van der Waals surface area contributed by atoms with Crippen molar-refractivity contribution in [3.63, 3.8) is 0 Å². The van der Waals surface area contributed by atoms with Crippen LogP contribution in [-0.2, 0) is 0 Å². The number of benzene rings is 2. The van der Waals surface area contributed by atoms with Gasteiger partial charge in [-0.2, -0.15) is 0 Å². The quantitative estimate of drug-likeness (QED) is 0.753. The van der Waals surface area contributed by atoms with Crippen LogP contribution in [0.25, 0.3) is 22.9 Å². The smallest absolute Gasteiger partial charge is 0.240 e. The van der Waals surface area contributed by atoms with E-state index < -0.39 is 0 Å². The van der Waals surface area contributed by atoms with Gasteiger partial charge in [0.15, 0.2) is 0 Å². The van der Waals surface area contributed by atoms with Gasteiger partial charge < -0.3 is 10.8 Å². The molecule has 0 saturated carbocycles. The number of fused-ring (bicyclic) bond motifs is 1. The van der Waals surface area contributed by atoms with Crippen LogP contribution in [0, 0.1) is 6.92 Å². The highest BCUT2D eigenvalue weighted by atomic mass is 16.3. The normalized spacial score (nSPS) is 11.3. The van der Waals surface area contributed by atoms with Gasteiger partial charge >= 0.3 is 0 Å². The Morgan fingerprint density at radius 2 is 1.90 bits per heavy atom. The van der Waals surface area contributed by atoms with Gasteiger partial charge in [0.2, 0.25) is 5.95 Å². The van der Waals surface area contributed by atoms with E-state index in [0.717, 1.165) is 16.3 Å². The molecule has 0 aliphatic heterocycles. The van der Waals surface area contributed by atoms with Crippen molar-refractivity contribution in [1.82, 2.24) is 15.2 Å². The van der Waals surface area contributed by atoms with Crippen LogP contribution in [0.1, 0.15) is 17.0 Å². The highest BCUT2D eigenvalue weighted by molar-refractivity contribution is 5.93. The number of aryl methyl sites for hydroxylation is 1. The summed E-state index contributed by atoms with van der Waals surface area (Å²) >= 11 is 0. The number of phenolic OH excluding ortho intramolecular Hbond substituents is 1. The van der Waals surface area contributed by atoms with Crippen LogP contribution in [0.2, 0.25) is 0 Å². The third-order valence-corrected chi connectivity index (χ3v) is 3.21. The molecule has 1 aromatic heterocycles. The molecule has 5 nitrogen and oxygen atoms in total. The van der Waals surface area contributed by atoms with Crippen molar-refractivity contribution in [3.8, 4) is 5.75 Å². The Kier molecular flexibility index (Phi) is 3.23. The number of hydrogen-bond acceptors (Lipinski definition) is 5. The van der Waals surface area contributed by atoms with E-state index in [1.54, 1.807) is 12.1 Å². The fraction of sp³-hybridized carbons (Fsp3) is 0.0625. The van der Waals surface area contributed by atoms with E-state index in [2.05, 4.69) is 15.2 Å². The predicted octanol–water partition coefficient (Wildman–Crippen LogP) is 2.79. The fourth-order valence-corrected chi connectivity index (χ4v) is 2.19. The Morgan fingerprint density at radius 3 is 2.76 bits per heavy atom. The molecule has 3 aromatic rings. The van der Waals surface area contributed by atoms with Crippen LogP contribution in [0.3, 0.4) is 0 Å². The first-order valence-electron chi connectivity index (χ1n) is 6.50. The van der Waals surface area contributed by atoms with Gasteiger partial charge in [-0.1, -0.05) is 30.3 Å². The first-order chi connectivity index (χ1) is 10.1. The lowest BCUT2D eigenvalue weighted by Gasteiger charge is -2.04. The Hall–Kier alpha value is -2.95. The van der Waals surface area contributed by atoms with Gasteiger partial charge in [-0.15, -0.1) is 10.2 Å². The molecule has 104 valence electrons. The minimum atomic E-state index is 0.140. The van der Waals surface area contributed by atoms with Gasteiger partial charge in [0.05, 0.1) is 11.4 Å². The number of anilines is 1. The van der Waals surface area contributed by atoms with Crippen LogP contribution >= 0.6 is 0 Å². The molecule has 0 aliphatic rings. The number of aromatic nitrogens is 3. The number of nitrogen functional groups attached to an aromatic ring is 1. The molecule has 0 saturated heterocycles. The van der Waals surface area contributed by atoms with Crippen molar-refractivity contribution < 1.29 is 5.11 Å². The minimum absolute atomic E-state index is 0.140. The molecular formula is C16H14N4O. The van der Waals surface area contributed by atoms with E-state index >= 15 is 0 Å². The summed E-state index contributed by atoms with van der Waals surface area (Å²) in [4.78, 5) is 4.15. The summed E-state index contributed by atoms with van der Waals surface area (Å²) in [5.41, 5.74) is 7.82. The maximum Gasteiger partial charge on any atom is 0.240 e. The molecule has 5 heteroatoms. The van der Waals surface area contributed by atoms with Crippen LogP contribution < -0.4 is 5.73 Å². The molecule has 0 unspecified atom stereocenters. The summed E-state index contributed by atoms with van der Waals surface area (Å²) < 4.78 is 0. The van der Waals surface area contributed by atoms with Crippen LogP contribution in [0.5, 0.6) is 5.75 Å². The summed E-state index contributed by atoms with van der Waals surface area (Å²) in [5, 5.41) is 19.5. The number of nitrogens with two attached hydrogens (primary N) is 1. The van der Waals surface area contributed by atoms with E-state index in [1.807, 2.05) is 43.3 Å². The molecule has 1 heterocycles. The summed E-state index contributed by atoms with van der Waals surface area (Å²) in [7, 11) is 0. The van der Waals surface area contributed by atoms with Crippen molar-refractivity contribution in [2.75, 3.05) is 5.73 Å². The molecule has 0 amide bonds. The van der Waals surface area contributed by atoms with Crippen LogP contribution in [0.15, 0.2) is 36.4 Å². The molecule has 0 aliphatic carbocycles. The van der Waals surface area contributed by atoms with Gasteiger partial charge in [0, 0.05) is 0 Å². The Balaban J connectivity index is 2.09. The minimum Gasteiger partial charge on any atom is -0.508 e. The van der Waals surface area contributed by atoms with Crippen LogP contribution in [0.4, 0.5) is 5.95 Å². The topological polar surface area (TPSA) is 84.9 Å². The van der Waals surface area contributed by atoms with Gasteiger partial charge in [-0.05, 0) is 41.5 Å². The molecule has 2 aromatic carbocycles. The van der Waals surface area contributed by atoms with E-state index in [4.69, 9.17) is 5.73 Å². The third-order valence-electron chi connectivity index (χ3n) is 3.21. The molecule has 3 N–H and O–H groups in total. The second-order valence-corrected chi connectivity index (χ2v) is 4.73. The Bertz CT molecular complexity index is 843. The zero-order valence-electron chi connectivity index (χ0n) is 11.5. The highest BCUT2D eigenvalue weighted by Crippen LogP contribution is 2.26. The average molecular weight is 278 g/mol. The number of aromatic hydroxyl groups is 1. The SMILES string of the molecule is Cc1nnc(N)nc1/C=C/c1cc(O)cc2ccccc12. The summed E-state index contributed by atoms with van der Waals surface area (Å²) in [6.07, 6.45) is 3.71. The Morgan fingerprint density at radius 1 is 1.10 bits per heavy atom. The van der Waals surface area contributed by atoms with Crippen molar-refractivity contribution in [2.24, 2.45) is 0 Å². The molecule has 0 atom stereocenters. The monoisotopic (exact) mass is 278 g/mol. The standard InChI is InChI=1S/C16H14N4O/c1-10-15(18-16(17)20-19-10)7-6-12-9-13(21)8-11-4-2-3-5-14(11)12/h2-9,21H,1H3,(H2,17,18,20)/b7-6+. The number of phenols is 1. The van der Waals surface area contributed by atoms with E-state index in [1.165, 1.54) is 0 Å². The van der Waals surface area contributed by atoms with Gasteiger partial charge in [-0.3, -0.25) is 0 Å². The molecule has 21 heavy (non-hydrogen) atoms. The van der Waals surface area contributed by atoms with Crippen molar-refractivity contribution in [1.29, 1.82) is 0 Å². The maximum atomic E-state index is 9.82. The number of nitrogens with zero attached hydrogens (tertiary/aromatic N) is 3. The molecule has 0 fully saturated rings. The second kappa shape index (κ2) is 5.20. The van der Waals surface area contributed by atoms with E-state index in [0.29, 0.717) is 11.4 Å². The molecule has 0 bridgehead atoms. The van der Waals surface area contributed by atoms with Crippen LogP contribution in [-0.4, -0.2) is 20.3 Å². The molecule has 0 spiro atoms.